The lowest BCUT2D eigenvalue weighted by molar-refractivity contribution is -0.384. The van der Waals surface area contributed by atoms with E-state index >= 15 is 0 Å². The molecule has 1 amide bonds. The van der Waals surface area contributed by atoms with Gasteiger partial charge in [-0.2, -0.15) is 0 Å². The molecule has 174 valence electrons. The third kappa shape index (κ3) is 6.84. The number of nitro benzene ring substituents is 1. The minimum absolute atomic E-state index is 0.00165. The lowest BCUT2D eigenvalue weighted by Gasteiger charge is -2.10. The lowest BCUT2D eigenvalue weighted by Crippen LogP contribution is -2.28. The molecule has 3 rings (SSSR count). The van der Waals surface area contributed by atoms with Crippen LogP contribution in [-0.2, 0) is 13.1 Å². The number of benzene rings is 2. The van der Waals surface area contributed by atoms with E-state index in [4.69, 9.17) is 10.7 Å². The SMILES string of the molecule is Cc1cc(C)cc(N=c2scc(C(=O)NCc3cccc([N+](=O)[O-])c3)n2CCCCCN)c1. The normalized spacial score (nSPS) is 11.5. The van der Waals surface area contributed by atoms with Gasteiger partial charge < -0.3 is 15.6 Å². The van der Waals surface area contributed by atoms with Gasteiger partial charge in [-0.25, -0.2) is 4.99 Å². The minimum Gasteiger partial charge on any atom is -0.347 e. The molecule has 33 heavy (non-hydrogen) atoms. The van der Waals surface area contributed by atoms with Crippen LogP contribution in [0.1, 0.15) is 46.4 Å². The molecule has 1 aromatic heterocycles. The third-order valence-corrected chi connectivity index (χ3v) is 5.99. The number of nitrogens with zero attached hydrogens (tertiary/aromatic N) is 3. The van der Waals surface area contributed by atoms with Crippen molar-refractivity contribution in [1.82, 2.24) is 9.88 Å². The molecule has 1 heterocycles. The van der Waals surface area contributed by atoms with Crippen molar-refractivity contribution in [1.29, 1.82) is 0 Å². The zero-order valence-electron chi connectivity index (χ0n) is 18.9. The second kappa shape index (κ2) is 11.5. The fraction of sp³-hybridized carbons (Fsp3) is 0.333. The highest BCUT2D eigenvalue weighted by molar-refractivity contribution is 7.07. The molecule has 0 saturated carbocycles. The largest absolute Gasteiger partial charge is 0.347 e. The Kier molecular flexibility index (Phi) is 8.51. The molecule has 3 N–H and O–H groups in total. The van der Waals surface area contributed by atoms with Gasteiger partial charge in [0, 0.05) is 30.6 Å². The second-order valence-electron chi connectivity index (χ2n) is 7.97. The zero-order chi connectivity index (χ0) is 23.8. The Morgan fingerprint density at radius 3 is 2.61 bits per heavy atom. The maximum absolute atomic E-state index is 13.0. The predicted molar refractivity (Wildman–Crippen MR) is 131 cm³/mol. The summed E-state index contributed by atoms with van der Waals surface area (Å²) in [6.07, 6.45) is 2.79. The molecule has 0 unspecified atom stereocenters. The van der Waals surface area contributed by atoms with Crippen molar-refractivity contribution in [2.24, 2.45) is 10.7 Å². The lowest BCUT2D eigenvalue weighted by atomic mass is 10.1. The molecule has 0 bridgehead atoms. The Bertz CT molecular complexity index is 1180. The highest BCUT2D eigenvalue weighted by atomic mass is 32.1. The van der Waals surface area contributed by atoms with Crippen molar-refractivity contribution in [3.05, 3.63) is 85.1 Å². The maximum Gasteiger partial charge on any atom is 0.269 e. The number of unbranched alkanes of at least 4 members (excludes halogenated alkanes) is 2. The predicted octanol–water partition coefficient (Wildman–Crippen LogP) is 4.37. The average molecular weight is 468 g/mol. The van der Waals surface area contributed by atoms with E-state index in [0.717, 1.165) is 40.9 Å². The maximum atomic E-state index is 13.0. The summed E-state index contributed by atoms with van der Waals surface area (Å²) < 4.78 is 1.95. The van der Waals surface area contributed by atoms with Crippen molar-refractivity contribution in [3.8, 4) is 0 Å². The topological polar surface area (TPSA) is 116 Å². The second-order valence-corrected chi connectivity index (χ2v) is 8.81. The zero-order valence-corrected chi connectivity index (χ0v) is 19.7. The van der Waals surface area contributed by atoms with Gasteiger partial charge in [-0.3, -0.25) is 14.9 Å². The van der Waals surface area contributed by atoms with Crippen molar-refractivity contribution >= 4 is 28.6 Å². The van der Waals surface area contributed by atoms with Crippen LogP contribution < -0.4 is 15.9 Å². The molecule has 0 atom stereocenters. The number of rotatable bonds is 10. The van der Waals surface area contributed by atoms with E-state index in [2.05, 4.69) is 11.4 Å². The van der Waals surface area contributed by atoms with Gasteiger partial charge in [-0.1, -0.05) is 24.6 Å². The summed E-state index contributed by atoms with van der Waals surface area (Å²) in [4.78, 5) is 29.1. The number of amides is 1. The number of nitrogens with two attached hydrogens (primary N) is 1. The van der Waals surface area contributed by atoms with Gasteiger partial charge in [0.05, 0.1) is 10.6 Å². The van der Waals surface area contributed by atoms with Crippen LogP contribution in [0.3, 0.4) is 0 Å². The molecular weight excluding hydrogens is 438 g/mol. The van der Waals surface area contributed by atoms with E-state index in [1.165, 1.54) is 23.5 Å². The Morgan fingerprint density at radius 2 is 1.91 bits per heavy atom. The van der Waals surface area contributed by atoms with Crippen molar-refractivity contribution < 1.29 is 9.72 Å². The smallest absolute Gasteiger partial charge is 0.269 e. The van der Waals surface area contributed by atoms with E-state index in [1.54, 1.807) is 12.1 Å². The standard InChI is InChI=1S/C24H29N5O3S/c1-17-11-18(2)13-20(12-17)27-24-28(10-5-3-4-9-25)22(16-33-24)23(30)26-15-19-7-6-8-21(14-19)29(31)32/h6-8,11-14,16H,3-5,9-10,15,25H2,1-2H3,(H,26,30). The van der Waals surface area contributed by atoms with Gasteiger partial charge in [0.15, 0.2) is 4.80 Å². The van der Waals surface area contributed by atoms with Crippen molar-refractivity contribution in [3.63, 3.8) is 0 Å². The molecule has 0 radical (unpaired) electrons. The van der Waals surface area contributed by atoms with Crippen LogP contribution in [0.15, 0.2) is 52.8 Å². The number of aromatic nitrogens is 1. The number of non-ortho nitro benzene ring substituents is 1. The van der Waals surface area contributed by atoms with E-state index in [-0.39, 0.29) is 18.1 Å². The number of hydrogen-bond acceptors (Lipinski definition) is 6. The first-order valence-corrected chi connectivity index (χ1v) is 11.8. The molecular formula is C24H29N5O3S. The van der Waals surface area contributed by atoms with Crippen LogP contribution >= 0.6 is 11.3 Å². The summed E-state index contributed by atoms with van der Waals surface area (Å²) in [6.45, 7) is 5.58. The number of carbonyl (C=O) groups is 1. The summed E-state index contributed by atoms with van der Waals surface area (Å²) in [6, 6.07) is 12.4. The fourth-order valence-electron chi connectivity index (χ4n) is 3.59. The minimum atomic E-state index is -0.444. The van der Waals surface area contributed by atoms with Gasteiger partial charge in [0.2, 0.25) is 0 Å². The highest BCUT2D eigenvalue weighted by Crippen LogP contribution is 2.17. The van der Waals surface area contributed by atoms with E-state index < -0.39 is 4.92 Å². The van der Waals surface area contributed by atoms with Gasteiger partial charge in [-0.15, -0.1) is 11.3 Å². The van der Waals surface area contributed by atoms with Crippen LogP contribution in [-0.4, -0.2) is 21.9 Å². The quantitative estimate of drug-likeness (QED) is 0.262. The third-order valence-electron chi connectivity index (χ3n) is 5.12. The van der Waals surface area contributed by atoms with Crippen LogP contribution in [0, 0.1) is 24.0 Å². The average Bonchev–Trinajstić information content (AvgIpc) is 3.17. The molecule has 0 aliphatic rings. The first-order valence-electron chi connectivity index (χ1n) is 10.9. The molecule has 0 aliphatic carbocycles. The Morgan fingerprint density at radius 1 is 1.15 bits per heavy atom. The van der Waals surface area contributed by atoms with E-state index in [1.807, 2.05) is 35.9 Å². The number of aryl methyl sites for hydroxylation is 2. The monoisotopic (exact) mass is 467 g/mol. The van der Waals surface area contributed by atoms with Crippen LogP contribution in [0.4, 0.5) is 11.4 Å². The molecule has 2 aromatic carbocycles. The van der Waals surface area contributed by atoms with Gasteiger partial charge >= 0.3 is 0 Å². The summed E-state index contributed by atoms with van der Waals surface area (Å²) in [7, 11) is 0. The van der Waals surface area contributed by atoms with Gasteiger partial charge in [0.1, 0.15) is 5.69 Å². The Hall–Kier alpha value is -3.30. The van der Waals surface area contributed by atoms with E-state index in [9.17, 15) is 14.9 Å². The number of nitro groups is 1. The summed E-state index contributed by atoms with van der Waals surface area (Å²) in [5, 5.41) is 15.7. The first-order chi connectivity index (χ1) is 15.9. The van der Waals surface area contributed by atoms with Crippen LogP contribution in [0.25, 0.3) is 0 Å². The highest BCUT2D eigenvalue weighted by Gasteiger charge is 2.14. The summed E-state index contributed by atoms with van der Waals surface area (Å²) in [5.74, 6) is -0.238. The molecule has 0 aliphatic heterocycles. The number of carbonyl (C=O) groups excluding carboxylic acids is 1. The number of thiazole rings is 1. The number of nitrogens with one attached hydrogen (secondary N) is 1. The Labute approximate surface area is 196 Å². The summed E-state index contributed by atoms with van der Waals surface area (Å²) in [5.41, 5.74) is 9.94. The molecule has 0 saturated heterocycles. The fourth-order valence-corrected chi connectivity index (χ4v) is 4.51. The molecule has 3 aromatic rings. The van der Waals surface area contributed by atoms with Gasteiger partial charge in [-0.05, 0) is 62.1 Å². The van der Waals surface area contributed by atoms with Crippen molar-refractivity contribution in [2.75, 3.05) is 6.54 Å². The molecule has 8 nitrogen and oxygen atoms in total. The van der Waals surface area contributed by atoms with E-state index in [0.29, 0.717) is 24.3 Å². The molecule has 0 spiro atoms. The molecule has 0 fully saturated rings. The van der Waals surface area contributed by atoms with Crippen LogP contribution in [0.2, 0.25) is 0 Å². The van der Waals surface area contributed by atoms with Crippen molar-refractivity contribution in [2.45, 2.75) is 46.2 Å². The van der Waals surface area contributed by atoms with Crippen LogP contribution in [0.5, 0.6) is 0 Å². The number of hydrogen-bond donors (Lipinski definition) is 2. The first kappa shape index (κ1) is 24.3. The Balaban J connectivity index is 1.85. The summed E-state index contributed by atoms with van der Waals surface area (Å²) >= 11 is 1.42. The molecule has 9 heteroatoms. The van der Waals surface area contributed by atoms with Gasteiger partial charge in [0.25, 0.3) is 11.6 Å².